The van der Waals surface area contributed by atoms with Crippen LogP contribution in [0.25, 0.3) is 0 Å². The van der Waals surface area contributed by atoms with Crippen molar-refractivity contribution in [3.05, 3.63) is 65.5 Å². The predicted molar refractivity (Wildman–Crippen MR) is 101 cm³/mol. The van der Waals surface area contributed by atoms with Crippen LogP contribution in [0.5, 0.6) is 5.75 Å². The lowest BCUT2D eigenvalue weighted by molar-refractivity contribution is -0.125. The van der Waals surface area contributed by atoms with Gasteiger partial charge in [-0.05, 0) is 29.8 Å². The van der Waals surface area contributed by atoms with Crippen molar-refractivity contribution >= 4 is 11.9 Å². The van der Waals surface area contributed by atoms with Crippen molar-refractivity contribution in [2.45, 2.75) is 19.5 Å². The Morgan fingerprint density at radius 1 is 1.19 bits per heavy atom. The molecule has 2 rings (SSSR count). The molecule has 2 aromatic carbocycles. The van der Waals surface area contributed by atoms with Crippen molar-refractivity contribution in [3.8, 4) is 5.75 Å². The number of hydrogen-bond donors (Lipinski definition) is 2. The van der Waals surface area contributed by atoms with Crippen LogP contribution in [0.4, 0.5) is 9.18 Å². The highest BCUT2D eigenvalue weighted by Crippen LogP contribution is 2.25. The van der Waals surface area contributed by atoms with Crippen molar-refractivity contribution in [2.75, 3.05) is 20.7 Å². The van der Waals surface area contributed by atoms with Gasteiger partial charge in [0.05, 0.1) is 7.11 Å². The fourth-order valence-corrected chi connectivity index (χ4v) is 2.83. The smallest absolute Gasteiger partial charge is 0.321 e. The Labute approximate surface area is 158 Å². The highest BCUT2D eigenvalue weighted by atomic mass is 19.1. The summed E-state index contributed by atoms with van der Waals surface area (Å²) < 4.78 is 19.0. The average molecular weight is 373 g/mol. The lowest BCUT2D eigenvalue weighted by atomic mass is 10.0. The molecule has 6 nitrogen and oxygen atoms in total. The summed E-state index contributed by atoms with van der Waals surface area (Å²) in [6, 6.07) is 12.6. The Balaban J connectivity index is 2.32. The fourth-order valence-electron chi connectivity index (χ4n) is 2.83. The summed E-state index contributed by atoms with van der Waals surface area (Å²) in [6.45, 7) is 2.76. The number of amides is 3. The van der Waals surface area contributed by atoms with Crippen LogP contribution in [0.1, 0.15) is 24.1 Å². The molecule has 27 heavy (non-hydrogen) atoms. The topological polar surface area (TPSA) is 70.7 Å². The molecule has 1 atom stereocenters. The van der Waals surface area contributed by atoms with Crippen LogP contribution in [0, 0.1) is 5.82 Å². The summed E-state index contributed by atoms with van der Waals surface area (Å²) >= 11 is 0. The number of halogens is 1. The standard InChI is InChI=1S/C20H24FN3O3/c1-4-24(13-14-10-11-17(27-3)16(21)12-14)18(15-8-6-5-7-9-15)19(25)23-20(26)22-2/h5-12,18H,4,13H2,1-3H3,(H2,22,23,25,26)/t18-/m0/s1. The van der Waals surface area contributed by atoms with Crippen LogP contribution in [0.15, 0.2) is 48.5 Å². The number of imide groups is 1. The molecule has 0 heterocycles. The van der Waals surface area contributed by atoms with Gasteiger partial charge in [-0.3, -0.25) is 15.0 Å². The van der Waals surface area contributed by atoms with Crippen LogP contribution < -0.4 is 15.4 Å². The zero-order valence-electron chi connectivity index (χ0n) is 15.7. The lowest BCUT2D eigenvalue weighted by Gasteiger charge is -2.30. The van der Waals surface area contributed by atoms with Gasteiger partial charge in [0.2, 0.25) is 5.91 Å². The molecule has 0 saturated carbocycles. The van der Waals surface area contributed by atoms with E-state index in [1.165, 1.54) is 20.2 Å². The molecule has 0 bridgehead atoms. The maximum Gasteiger partial charge on any atom is 0.321 e. The average Bonchev–Trinajstić information content (AvgIpc) is 2.68. The van der Waals surface area contributed by atoms with Crippen molar-refractivity contribution in [1.29, 1.82) is 0 Å². The second-order valence-electron chi connectivity index (χ2n) is 5.91. The highest BCUT2D eigenvalue weighted by Gasteiger charge is 2.28. The molecule has 0 aliphatic heterocycles. The van der Waals surface area contributed by atoms with Crippen molar-refractivity contribution in [2.24, 2.45) is 0 Å². The maximum absolute atomic E-state index is 14.0. The zero-order chi connectivity index (χ0) is 19.8. The molecule has 144 valence electrons. The monoisotopic (exact) mass is 373 g/mol. The number of hydrogen-bond acceptors (Lipinski definition) is 4. The third kappa shape index (κ3) is 5.27. The first-order valence-corrected chi connectivity index (χ1v) is 8.64. The minimum atomic E-state index is -0.696. The molecule has 0 radical (unpaired) electrons. The molecule has 7 heteroatoms. The van der Waals surface area contributed by atoms with Gasteiger partial charge in [0.1, 0.15) is 6.04 Å². The van der Waals surface area contributed by atoms with Crippen LogP contribution in [0.3, 0.4) is 0 Å². The SMILES string of the molecule is CCN(Cc1ccc(OC)c(F)c1)[C@H](C(=O)NC(=O)NC)c1ccccc1. The third-order valence-corrected chi connectivity index (χ3v) is 4.20. The summed E-state index contributed by atoms with van der Waals surface area (Å²) in [5, 5.41) is 4.71. The first-order valence-electron chi connectivity index (χ1n) is 8.64. The number of ether oxygens (including phenoxy) is 1. The van der Waals surface area contributed by atoms with Gasteiger partial charge in [-0.2, -0.15) is 0 Å². The number of urea groups is 1. The predicted octanol–water partition coefficient (Wildman–Crippen LogP) is 2.85. The van der Waals surface area contributed by atoms with Gasteiger partial charge in [0.15, 0.2) is 11.6 Å². The molecular weight excluding hydrogens is 349 g/mol. The largest absolute Gasteiger partial charge is 0.494 e. The molecule has 0 aromatic heterocycles. The van der Waals surface area contributed by atoms with E-state index in [4.69, 9.17) is 4.74 Å². The Hall–Kier alpha value is -2.93. The summed E-state index contributed by atoms with van der Waals surface area (Å²) in [7, 11) is 2.85. The van der Waals surface area contributed by atoms with Gasteiger partial charge < -0.3 is 10.1 Å². The summed E-state index contributed by atoms with van der Waals surface area (Å²) in [6.07, 6.45) is 0. The Kier molecular flexibility index (Phi) is 7.31. The number of carbonyl (C=O) groups is 2. The summed E-state index contributed by atoms with van der Waals surface area (Å²) in [5.41, 5.74) is 1.44. The first kappa shape index (κ1) is 20.4. The molecule has 0 saturated heterocycles. The van der Waals surface area contributed by atoms with Crippen LogP contribution >= 0.6 is 0 Å². The van der Waals surface area contributed by atoms with E-state index in [1.807, 2.05) is 42.2 Å². The number of likely N-dealkylation sites (N-methyl/N-ethyl adjacent to an activating group) is 1. The van der Waals surface area contributed by atoms with Crippen LogP contribution in [-0.2, 0) is 11.3 Å². The van der Waals surface area contributed by atoms with Gasteiger partial charge in [0, 0.05) is 13.6 Å². The van der Waals surface area contributed by atoms with Gasteiger partial charge in [-0.25, -0.2) is 9.18 Å². The fraction of sp³-hybridized carbons (Fsp3) is 0.300. The molecule has 0 unspecified atom stereocenters. The minimum Gasteiger partial charge on any atom is -0.494 e. The number of methoxy groups -OCH3 is 1. The van der Waals surface area contributed by atoms with Crippen LogP contribution in [0.2, 0.25) is 0 Å². The Bertz CT molecular complexity index is 783. The van der Waals surface area contributed by atoms with Gasteiger partial charge in [-0.15, -0.1) is 0 Å². The Morgan fingerprint density at radius 2 is 1.89 bits per heavy atom. The molecule has 3 amide bonds. The number of nitrogens with one attached hydrogen (secondary N) is 2. The van der Waals surface area contributed by atoms with E-state index < -0.39 is 23.8 Å². The number of rotatable bonds is 7. The highest BCUT2D eigenvalue weighted by molar-refractivity contribution is 5.97. The second kappa shape index (κ2) is 9.68. The maximum atomic E-state index is 14.0. The lowest BCUT2D eigenvalue weighted by Crippen LogP contribution is -2.45. The quantitative estimate of drug-likeness (QED) is 0.783. The normalized spacial score (nSPS) is 11.7. The van der Waals surface area contributed by atoms with Gasteiger partial charge in [-0.1, -0.05) is 43.3 Å². The van der Waals surface area contributed by atoms with Crippen molar-refractivity contribution < 1.29 is 18.7 Å². The van der Waals surface area contributed by atoms with E-state index in [0.29, 0.717) is 18.7 Å². The molecular formula is C20H24FN3O3. The number of carbonyl (C=O) groups excluding carboxylic acids is 2. The minimum absolute atomic E-state index is 0.166. The van der Waals surface area contributed by atoms with Gasteiger partial charge >= 0.3 is 6.03 Å². The van der Waals surface area contributed by atoms with Gasteiger partial charge in [0.25, 0.3) is 0 Å². The van der Waals surface area contributed by atoms with E-state index in [0.717, 1.165) is 5.56 Å². The zero-order valence-corrected chi connectivity index (χ0v) is 15.7. The number of nitrogens with zero attached hydrogens (tertiary/aromatic N) is 1. The Morgan fingerprint density at radius 3 is 2.44 bits per heavy atom. The second-order valence-corrected chi connectivity index (χ2v) is 5.91. The molecule has 2 aromatic rings. The number of benzene rings is 2. The van der Waals surface area contributed by atoms with E-state index in [2.05, 4.69) is 10.6 Å². The van der Waals surface area contributed by atoms with E-state index >= 15 is 0 Å². The molecule has 0 aliphatic rings. The van der Waals surface area contributed by atoms with Crippen molar-refractivity contribution in [1.82, 2.24) is 15.5 Å². The molecule has 0 aliphatic carbocycles. The first-order chi connectivity index (χ1) is 13.0. The molecule has 2 N–H and O–H groups in total. The summed E-state index contributed by atoms with van der Waals surface area (Å²) in [5.74, 6) is -0.743. The van der Waals surface area contributed by atoms with Crippen molar-refractivity contribution in [3.63, 3.8) is 0 Å². The van der Waals surface area contributed by atoms with E-state index in [1.54, 1.807) is 12.1 Å². The molecule has 0 fully saturated rings. The van der Waals surface area contributed by atoms with E-state index in [9.17, 15) is 14.0 Å². The van der Waals surface area contributed by atoms with Crippen LogP contribution in [-0.4, -0.2) is 37.5 Å². The summed E-state index contributed by atoms with van der Waals surface area (Å²) in [4.78, 5) is 26.3. The molecule has 0 spiro atoms. The van der Waals surface area contributed by atoms with E-state index in [-0.39, 0.29) is 5.75 Å². The third-order valence-electron chi connectivity index (χ3n) is 4.20.